The van der Waals surface area contributed by atoms with E-state index in [0.29, 0.717) is 12.4 Å². The second-order valence-electron chi connectivity index (χ2n) is 3.64. The second kappa shape index (κ2) is 3.92. The van der Waals surface area contributed by atoms with E-state index in [4.69, 9.17) is 0 Å². The Labute approximate surface area is 88.5 Å². The number of hydrogen-bond acceptors (Lipinski definition) is 4. The fourth-order valence-electron chi connectivity index (χ4n) is 1.57. The summed E-state index contributed by atoms with van der Waals surface area (Å²) in [5.74, 6) is 0.597. The largest absolute Gasteiger partial charge is 0.332 e. The lowest BCUT2D eigenvalue weighted by Crippen LogP contribution is -2.36. The van der Waals surface area contributed by atoms with Crippen molar-refractivity contribution in [2.75, 3.05) is 13.1 Å². The maximum Gasteiger partial charge on any atom is 0.257 e. The van der Waals surface area contributed by atoms with E-state index in [-0.39, 0.29) is 11.1 Å². The van der Waals surface area contributed by atoms with Gasteiger partial charge in [-0.2, -0.15) is 0 Å². The number of nitrogens with zero attached hydrogens (tertiary/aromatic N) is 1. The third-order valence-electron chi connectivity index (χ3n) is 2.35. The highest BCUT2D eigenvalue weighted by molar-refractivity contribution is 7.89. The molecule has 2 heterocycles. The molecule has 84 valence electrons. The van der Waals surface area contributed by atoms with E-state index in [1.807, 2.05) is 0 Å². The first-order valence-corrected chi connectivity index (χ1v) is 6.31. The maximum absolute atomic E-state index is 11.8. The Morgan fingerprint density at radius 1 is 1.60 bits per heavy atom. The van der Waals surface area contributed by atoms with Crippen LogP contribution in [0.15, 0.2) is 11.2 Å². The third kappa shape index (κ3) is 2.36. The summed E-state index contributed by atoms with van der Waals surface area (Å²) in [6, 6.07) is -0.0152. The van der Waals surface area contributed by atoms with Gasteiger partial charge in [0.25, 0.3) is 10.0 Å². The van der Waals surface area contributed by atoms with Crippen LogP contribution >= 0.6 is 0 Å². The number of sulfonamides is 1. The molecule has 0 aliphatic carbocycles. The average molecular weight is 230 g/mol. The van der Waals surface area contributed by atoms with Gasteiger partial charge in [0.05, 0.1) is 6.20 Å². The zero-order valence-corrected chi connectivity index (χ0v) is 9.26. The van der Waals surface area contributed by atoms with Crippen molar-refractivity contribution >= 4 is 10.0 Å². The summed E-state index contributed by atoms with van der Waals surface area (Å²) in [7, 11) is -3.43. The van der Waals surface area contributed by atoms with Crippen molar-refractivity contribution in [3.05, 3.63) is 12.0 Å². The van der Waals surface area contributed by atoms with E-state index < -0.39 is 10.0 Å². The monoisotopic (exact) mass is 230 g/mol. The van der Waals surface area contributed by atoms with Crippen molar-refractivity contribution in [1.29, 1.82) is 0 Å². The molecule has 1 aromatic heterocycles. The predicted octanol–water partition coefficient (Wildman–Crippen LogP) is -0.642. The van der Waals surface area contributed by atoms with E-state index in [2.05, 4.69) is 20.0 Å². The first kappa shape index (κ1) is 10.6. The SMILES string of the molecule is Cc1ncc(S(=O)(=O)NC2CCNC2)[nH]1. The molecule has 1 fully saturated rings. The van der Waals surface area contributed by atoms with Crippen LogP contribution in [0.25, 0.3) is 0 Å². The Morgan fingerprint density at radius 3 is 2.93 bits per heavy atom. The van der Waals surface area contributed by atoms with Crippen molar-refractivity contribution in [1.82, 2.24) is 20.0 Å². The summed E-state index contributed by atoms with van der Waals surface area (Å²) in [5, 5.41) is 3.23. The normalized spacial score (nSPS) is 22.1. The molecule has 2 rings (SSSR count). The van der Waals surface area contributed by atoms with Crippen LogP contribution in [-0.4, -0.2) is 37.5 Å². The molecule has 1 aliphatic rings. The Morgan fingerprint density at radius 2 is 2.40 bits per heavy atom. The second-order valence-corrected chi connectivity index (χ2v) is 5.33. The number of aryl methyl sites for hydroxylation is 1. The summed E-state index contributed by atoms with van der Waals surface area (Å²) in [4.78, 5) is 6.58. The van der Waals surface area contributed by atoms with Crippen LogP contribution in [-0.2, 0) is 10.0 Å². The van der Waals surface area contributed by atoms with Gasteiger partial charge in [0.1, 0.15) is 5.82 Å². The molecule has 0 saturated carbocycles. The highest BCUT2D eigenvalue weighted by Gasteiger charge is 2.23. The molecular formula is C8H14N4O2S. The summed E-state index contributed by atoms with van der Waals surface area (Å²) in [6.07, 6.45) is 2.16. The average Bonchev–Trinajstić information content (AvgIpc) is 2.75. The van der Waals surface area contributed by atoms with Gasteiger partial charge in [-0.3, -0.25) is 0 Å². The fraction of sp³-hybridized carbons (Fsp3) is 0.625. The molecule has 1 unspecified atom stereocenters. The molecule has 0 amide bonds. The van der Waals surface area contributed by atoms with E-state index in [1.165, 1.54) is 6.20 Å². The zero-order chi connectivity index (χ0) is 10.9. The van der Waals surface area contributed by atoms with E-state index in [0.717, 1.165) is 13.0 Å². The zero-order valence-electron chi connectivity index (χ0n) is 8.45. The van der Waals surface area contributed by atoms with Crippen LogP contribution in [0, 0.1) is 6.92 Å². The Balaban J connectivity index is 2.12. The van der Waals surface area contributed by atoms with Crippen LogP contribution in [0.5, 0.6) is 0 Å². The number of H-pyrrole nitrogens is 1. The van der Waals surface area contributed by atoms with Crippen molar-refractivity contribution in [3.8, 4) is 0 Å². The first-order valence-electron chi connectivity index (χ1n) is 4.82. The summed E-state index contributed by atoms with van der Waals surface area (Å²) >= 11 is 0. The number of nitrogens with one attached hydrogen (secondary N) is 3. The van der Waals surface area contributed by atoms with Gasteiger partial charge in [0.15, 0.2) is 5.03 Å². The number of rotatable bonds is 3. The molecule has 1 aromatic rings. The third-order valence-corrected chi connectivity index (χ3v) is 3.78. The fourth-order valence-corrected chi connectivity index (χ4v) is 2.81. The predicted molar refractivity (Wildman–Crippen MR) is 54.9 cm³/mol. The van der Waals surface area contributed by atoms with E-state index in [9.17, 15) is 8.42 Å². The van der Waals surface area contributed by atoms with Crippen molar-refractivity contribution < 1.29 is 8.42 Å². The van der Waals surface area contributed by atoms with Gasteiger partial charge in [-0.25, -0.2) is 18.1 Å². The number of aromatic nitrogens is 2. The van der Waals surface area contributed by atoms with Gasteiger partial charge in [-0.05, 0) is 19.9 Å². The quantitative estimate of drug-likeness (QED) is 0.644. The Hall–Kier alpha value is -0.920. The van der Waals surface area contributed by atoms with Gasteiger partial charge < -0.3 is 10.3 Å². The first-order chi connectivity index (χ1) is 7.08. The molecule has 0 aromatic carbocycles. The lowest BCUT2D eigenvalue weighted by molar-refractivity contribution is 0.557. The molecule has 0 spiro atoms. The van der Waals surface area contributed by atoms with Crippen LogP contribution in [0.3, 0.4) is 0 Å². The molecule has 0 bridgehead atoms. The molecule has 15 heavy (non-hydrogen) atoms. The summed E-state index contributed by atoms with van der Waals surface area (Å²) < 4.78 is 26.2. The smallest absolute Gasteiger partial charge is 0.257 e. The Bertz CT molecular complexity index is 433. The van der Waals surface area contributed by atoms with Gasteiger partial charge in [-0.15, -0.1) is 0 Å². The minimum atomic E-state index is -3.43. The highest BCUT2D eigenvalue weighted by atomic mass is 32.2. The number of hydrogen-bond donors (Lipinski definition) is 3. The molecule has 0 radical (unpaired) electrons. The van der Waals surface area contributed by atoms with Crippen molar-refractivity contribution in [3.63, 3.8) is 0 Å². The maximum atomic E-state index is 11.8. The topological polar surface area (TPSA) is 86.9 Å². The molecule has 1 atom stereocenters. The highest BCUT2D eigenvalue weighted by Crippen LogP contribution is 2.08. The van der Waals surface area contributed by atoms with Gasteiger partial charge in [-0.1, -0.05) is 0 Å². The standard InChI is InChI=1S/C8H14N4O2S/c1-6-10-5-8(11-6)15(13,14)12-7-2-3-9-4-7/h5,7,9,12H,2-4H2,1H3,(H,10,11). The van der Waals surface area contributed by atoms with Crippen LogP contribution in [0.1, 0.15) is 12.2 Å². The Kier molecular flexibility index (Phi) is 2.76. The summed E-state index contributed by atoms with van der Waals surface area (Å²) in [5.41, 5.74) is 0. The van der Waals surface area contributed by atoms with Crippen molar-refractivity contribution in [2.45, 2.75) is 24.4 Å². The molecule has 7 heteroatoms. The molecule has 1 aliphatic heterocycles. The molecular weight excluding hydrogens is 216 g/mol. The van der Waals surface area contributed by atoms with Crippen LogP contribution in [0.2, 0.25) is 0 Å². The lowest BCUT2D eigenvalue weighted by Gasteiger charge is -2.09. The molecule has 1 saturated heterocycles. The van der Waals surface area contributed by atoms with Gasteiger partial charge >= 0.3 is 0 Å². The van der Waals surface area contributed by atoms with Crippen LogP contribution in [0.4, 0.5) is 0 Å². The molecule has 3 N–H and O–H groups in total. The summed E-state index contributed by atoms with van der Waals surface area (Å²) in [6.45, 7) is 3.26. The van der Waals surface area contributed by atoms with Gasteiger partial charge in [0, 0.05) is 12.6 Å². The number of aromatic amines is 1. The van der Waals surface area contributed by atoms with E-state index >= 15 is 0 Å². The van der Waals surface area contributed by atoms with Crippen molar-refractivity contribution in [2.24, 2.45) is 0 Å². The minimum absolute atomic E-state index is 0.0152. The van der Waals surface area contributed by atoms with Crippen LogP contribution < -0.4 is 10.0 Å². The minimum Gasteiger partial charge on any atom is -0.332 e. The van der Waals surface area contributed by atoms with Gasteiger partial charge in [0.2, 0.25) is 0 Å². The lowest BCUT2D eigenvalue weighted by atomic mass is 10.3. The number of imidazole rings is 1. The molecule has 6 nitrogen and oxygen atoms in total. The van der Waals surface area contributed by atoms with E-state index in [1.54, 1.807) is 6.92 Å².